The number of halogens is 1. The lowest BCUT2D eigenvalue weighted by Gasteiger charge is -2.19. The monoisotopic (exact) mass is 390 g/mol. The normalized spacial score (nSPS) is 20.3. The Bertz CT molecular complexity index is 973. The van der Waals surface area contributed by atoms with Gasteiger partial charge in [-0.2, -0.15) is 19.0 Å². The molecule has 3 aromatic rings. The molecule has 1 fully saturated rings. The van der Waals surface area contributed by atoms with Gasteiger partial charge in [-0.3, -0.25) is 9.69 Å². The van der Waals surface area contributed by atoms with Crippen molar-refractivity contribution in [1.82, 2.24) is 24.5 Å². The van der Waals surface area contributed by atoms with Gasteiger partial charge in [-0.15, -0.1) is 0 Å². The molecule has 1 aliphatic rings. The third kappa shape index (κ3) is 3.76. The van der Waals surface area contributed by atoms with Gasteiger partial charge < -0.3 is 10.1 Å². The summed E-state index contributed by atoms with van der Waals surface area (Å²) < 4.78 is 21.9. The number of amides is 1. The van der Waals surface area contributed by atoms with Gasteiger partial charge in [-0.05, 0) is 6.92 Å². The highest BCUT2D eigenvalue weighted by Gasteiger charge is 2.32. The first-order chi connectivity index (χ1) is 13.0. The fraction of sp³-hybridized carbons (Fsp3) is 0.412. The fourth-order valence-electron chi connectivity index (χ4n) is 3.24. The molecule has 0 aliphatic carbocycles. The van der Waals surface area contributed by atoms with Crippen molar-refractivity contribution in [3.05, 3.63) is 35.4 Å². The number of nitrogens with zero attached hydrogens (tertiary/aromatic N) is 5. The number of thiazole rings is 1. The van der Waals surface area contributed by atoms with E-state index in [1.54, 1.807) is 23.0 Å². The second-order valence-electron chi connectivity index (χ2n) is 6.55. The fourth-order valence-corrected chi connectivity index (χ4v) is 4.16. The highest BCUT2D eigenvalue weighted by Crippen LogP contribution is 2.28. The summed E-state index contributed by atoms with van der Waals surface area (Å²) in [5, 5.41) is 7.04. The summed E-state index contributed by atoms with van der Waals surface area (Å²) in [5.74, 6) is -0.158. The van der Waals surface area contributed by atoms with Crippen LogP contribution in [-0.2, 0) is 11.3 Å². The van der Waals surface area contributed by atoms with Crippen LogP contribution in [0.5, 0.6) is 5.88 Å². The molecule has 0 unspecified atom stereocenters. The lowest BCUT2D eigenvalue weighted by molar-refractivity contribution is -0.114. The van der Waals surface area contributed by atoms with Crippen LogP contribution in [0.3, 0.4) is 0 Å². The maximum Gasteiger partial charge on any atom is 0.230 e. The van der Waals surface area contributed by atoms with Gasteiger partial charge in [0.25, 0.3) is 0 Å². The number of hydrogen-bond acceptors (Lipinski definition) is 7. The SMILES string of the molecule is CC(=O)Nc1nc(F)c(CN2C[C@H](Oc3ccnc4ccnn34)C[C@@H]2C)s1. The summed E-state index contributed by atoms with van der Waals surface area (Å²) in [4.78, 5) is 21.8. The topological polar surface area (TPSA) is 84.7 Å². The summed E-state index contributed by atoms with van der Waals surface area (Å²) in [6.45, 7) is 4.56. The zero-order valence-corrected chi connectivity index (χ0v) is 15.7. The second-order valence-corrected chi connectivity index (χ2v) is 7.64. The van der Waals surface area contributed by atoms with Crippen LogP contribution >= 0.6 is 11.3 Å². The standard InChI is InChI=1S/C17H19FN6O2S/c1-10-7-12(26-15-4-5-19-14-3-6-20-24(14)15)8-23(10)9-13-16(18)22-17(27-13)21-11(2)25/h3-6,10,12H,7-9H2,1-2H3,(H,21,22,25)/t10-,12+/m0/s1. The number of nitrogens with one attached hydrogen (secondary N) is 1. The molecule has 27 heavy (non-hydrogen) atoms. The van der Waals surface area contributed by atoms with Crippen molar-refractivity contribution in [2.75, 3.05) is 11.9 Å². The number of likely N-dealkylation sites (tertiary alicyclic amines) is 1. The van der Waals surface area contributed by atoms with Crippen molar-refractivity contribution in [1.29, 1.82) is 0 Å². The van der Waals surface area contributed by atoms with Gasteiger partial charge in [0, 0.05) is 50.8 Å². The van der Waals surface area contributed by atoms with E-state index in [4.69, 9.17) is 4.74 Å². The lowest BCUT2D eigenvalue weighted by atomic mass is 10.2. The number of ether oxygens (including phenoxy) is 1. The van der Waals surface area contributed by atoms with Gasteiger partial charge in [0.1, 0.15) is 6.10 Å². The van der Waals surface area contributed by atoms with Crippen molar-refractivity contribution in [3.8, 4) is 5.88 Å². The summed E-state index contributed by atoms with van der Waals surface area (Å²) in [7, 11) is 0. The van der Waals surface area contributed by atoms with Crippen molar-refractivity contribution in [3.63, 3.8) is 0 Å². The van der Waals surface area contributed by atoms with Gasteiger partial charge in [-0.1, -0.05) is 11.3 Å². The maximum atomic E-state index is 14.1. The minimum absolute atomic E-state index is 0.0272. The van der Waals surface area contributed by atoms with Gasteiger partial charge in [0.05, 0.1) is 11.1 Å². The Morgan fingerprint density at radius 2 is 2.30 bits per heavy atom. The van der Waals surface area contributed by atoms with E-state index in [9.17, 15) is 9.18 Å². The predicted molar refractivity (Wildman–Crippen MR) is 98.3 cm³/mol. The van der Waals surface area contributed by atoms with E-state index < -0.39 is 5.95 Å². The Labute approximate surface area is 159 Å². The summed E-state index contributed by atoms with van der Waals surface area (Å²) >= 11 is 1.16. The van der Waals surface area contributed by atoms with Gasteiger partial charge in [0.2, 0.25) is 17.7 Å². The molecule has 8 nitrogen and oxygen atoms in total. The molecule has 3 aromatic heterocycles. The zero-order chi connectivity index (χ0) is 19.0. The minimum atomic E-state index is -0.535. The Kier molecular flexibility index (Phi) is 4.75. The molecular weight excluding hydrogens is 371 g/mol. The largest absolute Gasteiger partial charge is 0.473 e. The number of anilines is 1. The van der Waals surface area contributed by atoms with Crippen molar-refractivity contribution >= 4 is 28.0 Å². The third-order valence-corrected chi connectivity index (χ3v) is 5.42. The molecule has 10 heteroatoms. The van der Waals surface area contributed by atoms with Crippen LogP contribution in [0.1, 0.15) is 25.1 Å². The highest BCUT2D eigenvalue weighted by molar-refractivity contribution is 7.15. The first-order valence-corrected chi connectivity index (χ1v) is 9.43. The van der Waals surface area contributed by atoms with E-state index >= 15 is 0 Å². The molecule has 0 aromatic carbocycles. The van der Waals surface area contributed by atoms with Gasteiger partial charge in [0.15, 0.2) is 10.8 Å². The average Bonchev–Trinajstić information content (AvgIpc) is 3.29. The molecule has 0 bridgehead atoms. The Balaban J connectivity index is 1.43. The maximum absolute atomic E-state index is 14.1. The lowest BCUT2D eigenvalue weighted by Crippen LogP contribution is -2.28. The van der Waals surface area contributed by atoms with Crippen LogP contribution in [0, 0.1) is 5.95 Å². The first-order valence-electron chi connectivity index (χ1n) is 8.62. The molecule has 0 radical (unpaired) electrons. The molecule has 1 saturated heterocycles. The first kappa shape index (κ1) is 17.8. The number of carbonyl (C=O) groups excluding carboxylic acids is 1. The Morgan fingerprint density at radius 1 is 1.44 bits per heavy atom. The molecule has 1 aliphatic heterocycles. The minimum Gasteiger partial charge on any atom is -0.473 e. The van der Waals surface area contributed by atoms with E-state index in [0.29, 0.717) is 23.8 Å². The number of fused-ring (bicyclic) bond motifs is 1. The van der Waals surface area contributed by atoms with Crippen LogP contribution in [0.4, 0.5) is 9.52 Å². The number of aromatic nitrogens is 4. The summed E-state index contributed by atoms with van der Waals surface area (Å²) in [5.41, 5.74) is 0.729. The van der Waals surface area contributed by atoms with E-state index in [0.717, 1.165) is 23.4 Å². The average molecular weight is 390 g/mol. The van der Waals surface area contributed by atoms with Crippen molar-refractivity contribution < 1.29 is 13.9 Å². The Hall–Kier alpha value is -2.59. The smallest absolute Gasteiger partial charge is 0.230 e. The van der Waals surface area contributed by atoms with Gasteiger partial charge >= 0.3 is 0 Å². The van der Waals surface area contributed by atoms with Crippen LogP contribution in [0.15, 0.2) is 24.5 Å². The van der Waals surface area contributed by atoms with E-state index in [1.807, 2.05) is 6.07 Å². The predicted octanol–water partition coefficient (Wildman–Crippen LogP) is 2.33. The van der Waals surface area contributed by atoms with Crippen LogP contribution in [0.25, 0.3) is 5.65 Å². The zero-order valence-electron chi connectivity index (χ0n) is 14.9. The highest BCUT2D eigenvalue weighted by atomic mass is 32.1. The molecule has 2 atom stereocenters. The van der Waals surface area contributed by atoms with Crippen LogP contribution < -0.4 is 10.1 Å². The van der Waals surface area contributed by atoms with Crippen molar-refractivity contribution in [2.24, 2.45) is 0 Å². The molecular formula is C17H19FN6O2S. The molecule has 1 N–H and O–H groups in total. The third-order valence-electron chi connectivity index (χ3n) is 4.49. The van der Waals surface area contributed by atoms with Crippen LogP contribution in [-0.4, -0.2) is 49.1 Å². The number of rotatable bonds is 5. The Morgan fingerprint density at radius 3 is 3.11 bits per heavy atom. The summed E-state index contributed by atoms with van der Waals surface area (Å²) in [6, 6.07) is 3.83. The number of hydrogen-bond donors (Lipinski definition) is 1. The quantitative estimate of drug-likeness (QED) is 0.720. The number of carbonyl (C=O) groups is 1. The molecule has 4 rings (SSSR count). The van der Waals surface area contributed by atoms with Crippen molar-refractivity contribution in [2.45, 2.75) is 39.0 Å². The molecule has 4 heterocycles. The van der Waals surface area contributed by atoms with Gasteiger partial charge in [-0.25, -0.2) is 4.98 Å². The molecule has 1 amide bonds. The molecule has 0 spiro atoms. The second kappa shape index (κ2) is 7.20. The van der Waals surface area contributed by atoms with E-state index in [2.05, 4.69) is 32.2 Å². The van der Waals surface area contributed by atoms with E-state index in [1.165, 1.54) is 6.92 Å². The summed E-state index contributed by atoms with van der Waals surface area (Å²) in [6.07, 6.45) is 4.17. The van der Waals surface area contributed by atoms with Crippen LogP contribution in [0.2, 0.25) is 0 Å². The molecule has 142 valence electrons. The van der Waals surface area contributed by atoms with E-state index in [-0.39, 0.29) is 23.2 Å². The molecule has 0 saturated carbocycles.